The standard InChI is InChI=1S/C20H24N4O/c1-15-12-17(16-6-3-2-4-7-16)23-18(22-15)13-24-11-9-20(14-24)8-5-10-21-19(20)25/h2-4,6-7,12H,5,8-11,13-14H2,1H3,(H,21,25)/t20-/m1/s1. The van der Waals surface area contributed by atoms with Gasteiger partial charge < -0.3 is 5.32 Å². The van der Waals surface area contributed by atoms with Crippen molar-refractivity contribution in [3.63, 3.8) is 0 Å². The third kappa shape index (κ3) is 3.29. The number of rotatable bonds is 3. The molecule has 1 N–H and O–H groups in total. The van der Waals surface area contributed by atoms with E-state index in [2.05, 4.69) is 27.3 Å². The zero-order chi connectivity index (χ0) is 17.3. The van der Waals surface area contributed by atoms with Crippen molar-refractivity contribution in [1.82, 2.24) is 20.2 Å². The number of piperidine rings is 1. The van der Waals surface area contributed by atoms with Gasteiger partial charge in [0.05, 0.1) is 17.7 Å². The number of carbonyl (C=O) groups is 1. The molecule has 2 fully saturated rings. The van der Waals surface area contributed by atoms with Crippen LogP contribution < -0.4 is 5.32 Å². The summed E-state index contributed by atoms with van der Waals surface area (Å²) in [6.07, 6.45) is 3.02. The number of amides is 1. The van der Waals surface area contributed by atoms with Crippen molar-refractivity contribution in [3.8, 4) is 11.3 Å². The van der Waals surface area contributed by atoms with Crippen LogP contribution in [0.2, 0.25) is 0 Å². The lowest BCUT2D eigenvalue weighted by atomic mass is 9.79. The highest BCUT2D eigenvalue weighted by Gasteiger charge is 2.45. The topological polar surface area (TPSA) is 58.1 Å². The molecule has 1 amide bonds. The Morgan fingerprint density at radius 3 is 2.84 bits per heavy atom. The molecule has 130 valence electrons. The van der Waals surface area contributed by atoms with E-state index < -0.39 is 0 Å². The molecule has 1 atom stereocenters. The number of nitrogens with one attached hydrogen (secondary N) is 1. The first-order valence-electron chi connectivity index (χ1n) is 9.05. The molecule has 25 heavy (non-hydrogen) atoms. The molecule has 2 saturated heterocycles. The van der Waals surface area contributed by atoms with Crippen LogP contribution in [-0.2, 0) is 11.3 Å². The molecule has 4 rings (SSSR count). The van der Waals surface area contributed by atoms with Crippen LogP contribution in [0.25, 0.3) is 11.3 Å². The Hall–Kier alpha value is -2.27. The van der Waals surface area contributed by atoms with Gasteiger partial charge in [-0.15, -0.1) is 0 Å². The van der Waals surface area contributed by atoms with Gasteiger partial charge in [-0.1, -0.05) is 30.3 Å². The maximum Gasteiger partial charge on any atom is 0.227 e. The number of hydrogen-bond donors (Lipinski definition) is 1. The van der Waals surface area contributed by atoms with Gasteiger partial charge in [-0.2, -0.15) is 0 Å². The zero-order valence-electron chi connectivity index (χ0n) is 14.7. The number of aromatic nitrogens is 2. The molecule has 2 aromatic rings. The lowest BCUT2D eigenvalue weighted by Gasteiger charge is -2.32. The van der Waals surface area contributed by atoms with Crippen LogP contribution in [0.3, 0.4) is 0 Å². The number of hydrogen-bond acceptors (Lipinski definition) is 4. The highest BCUT2D eigenvalue weighted by Crippen LogP contribution is 2.37. The second-order valence-corrected chi connectivity index (χ2v) is 7.28. The van der Waals surface area contributed by atoms with Gasteiger partial charge in [-0.3, -0.25) is 9.69 Å². The quantitative estimate of drug-likeness (QED) is 0.936. The van der Waals surface area contributed by atoms with Crippen molar-refractivity contribution in [3.05, 3.63) is 47.9 Å². The fraction of sp³-hybridized carbons (Fsp3) is 0.450. The lowest BCUT2D eigenvalue weighted by Crippen LogP contribution is -2.47. The Bertz CT molecular complexity index is 777. The minimum absolute atomic E-state index is 0.190. The molecule has 3 heterocycles. The van der Waals surface area contributed by atoms with E-state index in [9.17, 15) is 4.79 Å². The predicted octanol–water partition coefficient (Wildman–Crippen LogP) is 2.55. The summed E-state index contributed by atoms with van der Waals surface area (Å²) < 4.78 is 0. The van der Waals surface area contributed by atoms with Crippen molar-refractivity contribution in [2.24, 2.45) is 5.41 Å². The van der Waals surface area contributed by atoms with Crippen molar-refractivity contribution >= 4 is 5.91 Å². The van der Waals surface area contributed by atoms with E-state index in [0.29, 0.717) is 6.54 Å². The Kier molecular flexibility index (Phi) is 4.25. The third-order valence-electron chi connectivity index (χ3n) is 5.37. The summed E-state index contributed by atoms with van der Waals surface area (Å²) >= 11 is 0. The van der Waals surface area contributed by atoms with Crippen LogP contribution in [0.1, 0.15) is 30.8 Å². The monoisotopic (exact) mass is 336 g/mol. The largest absolute Gasteiger partial charge is 0.356 e. The molecule has 5 nitrogen and oxygen atoms in total. The van der Waals surface area contributed by atoms with Gasteiger partial charge in [0.15, 0.2) is 0 Å². The van der Waals surface area contributed by atoms with Crippen LogP contribution in [0, 0.1) is 12.3 Å². The van der Waals surface area contributed by atoms with E-state index >= 15 is 0 Å². The van der Waals surface area contributed by atoms with Gasteiger partial charge in [0, 0.05) is 24.3 Å². The average molecular weight is 336 g/mol. The molecule has 2 aliphatic heterocycles. The van der Waals surface area contributed by atoms with Crippen LogP contribution in [0.4, 0.5) is 0 Å². The predicted molar refractivity (Wildman–Crippen MR) is 96.8 cm³/mol. The molecule has 0 aliphatic carbocycles. The fourth-order valence-electron chi connectivity index (χ4n) is 4.07. The van der Waals surface area contributed by atoms with E-state index in [1.54, 1.807) is 0 Å². The molecule has 1 aromatic heterocycles. The van der Waals surface area contributed by atoms with E-state index in [1.165, 1.54) is 0 Å². The zero-order valence-corrected chi connectivity index (χ0v) is 14.7. The average Bonchev–Trinajstić information content (AvgIpc) is 3.01. The summed E-state index contributed by atoms with van der Waals surface area (Å²) in [5.74, 6) is 1.07. The van der Waals surface area contributed by atoms with Gasteiger partial charge >= 0.3 is 0 Å². The fourth-order valence-corrected chi connectivity index (χ4v) is 4.07. The summed E-state index contributed by atoms with van der Waals surface area (Å²) in [5.41, 5.74) is 2.86. The minimum atomic E-state index is -0.190. The molecule has 2 aliphatic rings. The molecule has 0 radical (unpaired) electrons. The number of benzene rings is 1. The Morgan fingerprint density at radius 2 is 2.04 bits per heavy atom. The number of carbonyl (C=O) groups excluding carboxylic acids is 1. The van der Waals surface area contributed by atoms with E-state index in [0.717, 1.165) is 61.7 Å². The second-order valence-electron chi connectivity index (χ2n) is 7.28. The first-order valence-corrected chi connectivity index (χ1v) is 9.05. The number of aryl methyl sites for hydroxylation is 1. The summed E-state index contributed by atoms with van der Waals surface area (Å²) in [5, 5.41) is 3.04. The molecule has 0 bridgehead atoms. The maximum absolute atomic E-state index is 12.3. The maximum atomic E-state index is 12.3. The summed E-state index contributed by atoms with van der Waals surface area (Å²) in [4.78, 5) is 24.1. The summed E-state index contributed by atoms with van der Waals surface area (Å²) in [7, 11) is 0. The normalized spacial score (nSPS) is 23.8. The second kappa shape index (κ2) is 6.56. The van der Waals surface area contributed by atoms with Crippen molar-refractivity contribution in [1.29, 1.82) is 0 Å². The van der Waals surface area contributed by atoms with E-state index in [-0.39, 0.29) is 11.3 Å². The highest BCUT2D eigenvalue weighted by atomic mass is 16.2. The van der Waals surface area contributed by atoms with Crippen LogP contribution >= 0.6 is 0 Å². The molecular weight excluding hydrogens is 312 g/mol. The summed E-state index contributed by atoms with van der Waals surface area (Å²) in [6, 6.07) is 12.2. The number of likely N-dealkylation sites (tertiary alicyclic amines) is 1. The van der Waals surface area contributed by atoms with E-state index in [1.807, 2.05) is 31.2 Å². The highest BCUT2D eigenvalue weighted by molar-refractivity contribution is 5.84. The van der Waals surface area contributed by atoms with Crippen molar-refractivity contribution in [2.45, 2.75) is 32.7 Å². The molecule has 5 heteroatoms. The molecule has 1 spiro atoms. The number of nitrogens with zero attached hydrogens (tertiary/aromatic N) is 3. The van der Waals surface area contributed by atoms with Gasteiger partial charge in [-0.25, -0.2) is 9.97 Å². The van der Waals surface area contributed by atoms with Gasteiger partial charge in [0.2, 0.25) is 5.91 Å². The smallest absolute Gasteiger partial charge is 0.227 e. The Labute approximate surface area is 148 Å². The Morgan fingerprint density at radius 1 is 1.20 bits per heavy atom. The third-order valence-corrected chi connectivity index (χ3v) is 5.37. The van der Waals surface area contributed by atoms with Crippen molar-refractivity contribution < 1.29 is 4.79 Å². The van der Waals surface area contributed by atoms with Gasteiger partial charge in [0.25, 0.3) is 0 Å². The van der Waals surface area contributed by atoms with Gasteiger partial charge in [0.1, 0.15) is 5.82 Å². The summed E-state index contributed by atoms with van der Waals surface area (Å²) in [6.45, 7) is 5.29. The van der Waals surface area contributed by atoms with Gasteiger partial charge in [-0.05, 0) is 38.8 Å². The van der Waals surface area contributed by atoms with E-state index in [4.69, 9.17) is 4.98 Å². The van der Waals surface area contributed by atoms with Crippen LogP contribution in [-0.4, -0.2) is 40.4 Å². The minimum Gasteiger partial charge on any atom is -0.356 e. The van der Waals surface area contributed by atoms with Crippen LogP contribution in [0.5, 0.6) is 0 Å². The first kappa shape index (κ1) is 16.2. The molecular formula is C20H24N4O. The molecule has 1 aromatic carbocycles. The van der Waals surface area contributed by atoms with Crippen molar-refractivity contribution in [2.75, 3.05) is 19.6 Å². The Balaban J connectivity index is 1.52. The first-order chi connectivity index (χ1) is 12.1. The molecule has 0 saturated carbocycles. The lowest BCUT2D eigenvalue weighted by molar-refractivity contribution is -0.132. The van der Waals surface area contributed by atoms with Crippen LogP contribution in [0.15, 0.2) is 36.4 Å². The molecule has 0 unspecified atom stereocenters. The SMILES string of the molecule is Cc1cc(-c2ccccc2)nc(CN2CC[C@]3(CCCNC3=O)C2)n1.